The second kappa shape index (κ2) is 10.4. The van der Waals surface area contributed by atoms with E-state index >= 15 is 0 Å². The Morgan fingerprint density at radius 2 is 1.97 bits per heavy atom. The van der Waals surface area contributed by atoms with Crippen LogP contribution in [0.25, 0.3) is 11.4 Å². The minimum Gasteiger partial charge on any atom is -0.335 e. The molecule has 1 aromatic carbocycles. The minimum absolute atomic E-state index is 0.0479. The van der Waals surface area contributed by atoms with Gasteiger partial charge in [-0.15, -0.1) is 16.8 Å². The molecule has 0 bridgehead atoms. The Balaban J connectivity index is 1.54. The molecule has 1 aromatic heterocycles. The van der Waals surface area contributed by atoms with Gasteiger partial charge in [-0.3, -0.25) is 9.36 Å². The number of carbonyl (C=O) groups is 1. The highest BCUT2D eigenvalue weighted by molar-refractivity contribution is 7.99. The number of amides is 1. The van der Waals surface area contributed by atoms with E-state index in [1.165, 1.54) is 11.8 Å². The molecule has 1 saturated heterocycles. The molecule has 0 spiro atoms. The van der Waals surface area contributed by atoms with E-state index in [0.29, 0.717) is 39.6 Å². The number of allylic oxidation sites excluding steroid dienone is 1. The molecule has 1 saturated carbocycles. The van der Waals surface area contributed by atoms with Gasteiger partial charge in [0.2, 0.25) is 5.91 Å². The Bertz CT molecular complexity index is 1150. The molecule has 11 heteroatoms. The first kappa shape index (κ1) is 24.6. The van der Waals surface area contributed by atoms with E-state index in [1.54, 1.807) is 24.3 Å². The predicted molar refractivity (Wildman–Crippen MR) is 133 cm³/mol. The molecule has 7 nitrogen and oxygen atoms in total. The van der Waals surface area contributed by atoms with Crippen molar-refractivity contribution in [2.24, 2.45) is 0 Å². The third kappa shape index (κ3) is 5.58. The van der Waals surface area contributed by atoms with Gasteiger partial charge in [0.25, 0.3) is 0 Å². The number of aromatic nitrogens is 3. The Morgan fingerprint density at radius 3 is 2.61 bits per heavy atom. The van der Waals surface area contributed by atoms with Crippen LogP contribution in [0.2, 0.25) is 10.0 Å². The standard InChI is InChI=1S/C22H26Cl2N4O3S2/c1-2-10-27-21(18-8-7-15(23)12-19(18)24)25-26-22(27)32-13-20(29)28(16-5-3-4-6-16)17-9-11-33(30,31)14-17/h2,7-8,12,16-17H,1,3-6,9-11,13-14H2/t17-/m0/s1. The molecule has 0 radical (unpaired) electrons. The summed E-state index contributed by atoms with van der Waals surface area (Å²) in [6, 6.07) is 5.06. The molecule has 2 heterocycles. The van der Waals surface area contributed by atoms with Crippen LogP contribution in [0.1, 0.15) is 32.1 Å². The number of rotatable bonds is 8. The average molecular weight is 530 g/mol. The molecule has 1 aliphatic heterocycles. The van der Waals surface area contributed by atoms with Crippen molar-refractivity contribution in [1.82, 2.24) is 19.7 Å². The third-order valence-corrected chi connectivity index (χ3v) is 9.38. The fourth-order valence-electron chi connectivity index (χ4n) is 4.64. The Labute approximate surface area is 208 Å². The van der Waals surface area contributed by atoms with Gasteiger partial charge in [0, 0.05) is 29.2 Å². The van der Waals surface area contributed by atoms with Gasteiger partial charge in [0.1, 0.15) is 0 Å². The molecule has 0 N–H and O–H groups in total. The Morgan fingerprint density at radius 1 is 1.21 bits per heavy atom. The first-order valence-corrected chi connectivity index (χ1v) is 14.5. The zero-order valence-electron chi connectivity index (χ0n) is 18.1. The van der Waals surface area contributed by atoms with E-state index in [0.717, 1.165) is 25.7 Å². The smallest absolute Gasteiger partial charge is 0.233 e. The number of sulfone groups is 1. The number of thioether (sulfide) groups is 1. The summed E-state index contributed by atoms with van der Waals surface area (Å²) in [6.45, 7) is 4.27. The summed E-state index contributed by atoms with van der Waals surface area (Å²) < 4.78 is 26.0. The zero-order chi connectivity index (χ0) is 23.6. The molecule has 2 fully saturated rings. The molecule has 4 rings (SSSR count). The van der Waals surface area contributed by atoms with E-state index in [2.05, 4.69) is 16.8 Å². The SMILES string of the molecule is C=CCn1c(SCC(=O)N(C2CCCC2)[C@H]2CCS(=O)(=O)C2)nnc1-c1ccc(Cl)cc1Cl. The predicted octanol–water partition coefficient (Wildman–Crippen LogP) is 4.49. The van der Waals surface area contributed by atoms with Crippen molar-refractivity contribution in [3.05, 3.63) is 40.9 Å². The quantitative estimate of drug-likeness (QED) is 0.370. The highest BCUT2D eigenvalue weighted by Gasteiger charge is 2.39. The lowest BCUT2D eigenvalue weighted by molar-refractivity contribution is -0.132. The maximum atomic E-state index is 13.3. The van der Waals surface area contributed by atoms with Crippen molar-refractivity contribution in [3.63, 3.8) is 0 Å². The molecule has 0 unspecified atom stereocenters. The number of hydrogen-bond acceptors (Lipinski definition) is 6. The maximum Gasteiger partial charge on any atom is 0.233 e. The molecule has 178 valence electrons. The van der Waals surface area contributed by atoms with E-state index in [1.807, 2.05) is 9.47 Å². The lowest BCUT2D eigenvalue weighted by atomic mass is 10.1. The van der Waals surface area contributed by atoms with E-state index in [4.69, 9.17) is 23.2 Å². The van der Waals surface area contributed by atoms with Crippen molar-refractivity contribution in [2.75, 3.05) is 17.3 Å². The van der Waals surface area contributed by atoms with Crippen LogP contribution in [-0.2, 0) is 21.2 Å². The highest BCUT2D eigenvalue weighted by atomic mass is 35.5. The van der Waals surface area contributed by atoms with Gasteiger partial charge in [0.05, 0.1) is 22.3 Å². The largest absolute Gasteiger partial charge is 0.335 e. The molecule has 33 heavy (non-hydrogen) atoms. The van der Waals surface area contributed by atoms with Crippen LogP contribution in [0.5, 0.6) is 0 Å². The second-order valence-electron chi connectivity index (χ2n) is 8.41. The van der Waals surface area contributed by atoms with Crippen LogP contribution in [-0.4, -0.2) is 63.3 Å². The van der Waals surface area contributed by atoms with Gasteiger partial charge in [0.15, 0.2) is 20.8 Å². The fourth-order valence-corrected chi connectivity index (χ4v) is 7.66. The summed E-state index contributed by atoms with van der Waals surface area (Å²) in [5, 5.41) is 10.2. The van der Waals surface area contributed by atoms with E-state index in [9.17, 15) is 13.2 Å². The summed E-state index contributed by atoms with van der Waals surface area (Å²) in [4.78, 5) is 15.2. The highest BCUT2D eigenvalue weighted by Crippen LogP contribution is 2.33. The number of halogens is 2. The second-order valence-corrected chi connectivity index (χ2v) is 12.4. The van der Waals surface area contributed by atoms with E-state index in [-0.39, 0.29) is 35.2 Å². The van der Waals surface area contributed by atoms with Crippen molar-refractivity contribution >= 4 is 50.7 Å². The number of nitrogens with zero attached hydrogens (tertiary/aromatic N) is 4. The molecular formula is C22H26Cl2N4O3S2. The molecule has 1 atom stereocenters. The fraction of sp³-hybridized carbons (Fsp3) is 0.500. The van der Waals surface area contributed by atoms with Gasteiger partial charge in [-0.05, 0) is 37.5 Å². The van der Waals surface area contributed by atoms with Crippen molar-refractivity contribution in [2.45, 2.75) is 55.9 Å². The zero-order valence-corrected chi connectivity index (χ0v) is 21.3. The minimum atomic E-state index is -3.08. The summed E-state index contributed by atoms with van der Waals surface area (Å²) in [5.74, 6) is 0.900. The normalized spacial score (nSPS) is 20.2. The van der Waals surface area contributed by atoms with Crippen LogP contribution in [0, 0.1) is 0 Å². The van der Waals surface area contributed by atoms with E-state index < -0.39 is 9.84 Å². The number of carbonyl (C=O) groups excluding carboxylic acids is 1. The van der Waals surface area contributed by atoms with Crippen molar-refractivity contribution in [1.29, 1.82) is 0 Å². The first-order chi connectivity index (χ1) is 15.8. The lowest BCUT2D eigenvalue weighted by Crippen LogP contribution is -2.47. The van der Waals surface area contributed by atoms with Crippen molar-refractivity contribution < 1.29 is 13.2 Å². The average Bonchev–Trinajstić information content (AvgIpc) is 3.49. The lowest BCUT2D eigenvalue weighted by Gasteiger charge is -2.34. The number of hydrogen-bond donors (Lipinski definition) is 0. The Hall–Kier alpha value is -1.55. The van der Waals surface area contributed by atoms with Gasteiger partial charge in [-0.1, -0.05) is 53.9 Å². The molecule has 2 aromatic rings. The topological polar surface area (TPSA) is 85.2 Å². The van der Waals surface area contributed by atoms with Crippen LogP contribution in [0.3, 0.4) is 0 Å². The van der Waals surface area contributed by atoms with Gasteiger partial charge >= 0.3 is 0 Å². The molecule has 2 aliphatic rings. The van der Waals surface area contributed by atoms with Crippen LogP contribution < -0.4 is 0 Å². The van der Waals surface area contributed by atoms with Crippen LogP contribution >= 0.6 is 35.0 Å². The van der Waals surface area contributed by atoms with Crippen LogP contribution in [0.4, 0.5) is 0 Å². The van der Waals surface area contributed by atoms with Crippen molar-refractivity contribution in [3.8, 4) is 11.4 Å². The van der Waals surface area contributed by atoms with Gasteiger partial charge in [-0.2, -0.15) is 0 Å². The summed E-state index contributed by atoms with van der Waals surface area (Å²) in [6.07, 6.45) is 6.25. The first-order valence-electron chi connectivity index (χ1n) is 10.9. The third-order valence-electron chi connectivity index (χ3n) is 6.13. The molecular weight excluding hydrogens is 503 g/mol. The summed E-state index contributed by atoms with van der Waals surface area (Å²) in [5.41, 5.74) is 0.692. The van der Waals surface area contributed by atoms with Crippen LogP contribution in [0.15, 0.2) is 36.0 Å². The van der Waals surface area contributed by atoms with Gasteiger partial charge < -0.3 is 4.90 Å². The number of benzene rings is 1. The summed E-state index contributed by atoms with van der Waals surface area (Å²) >= 11 is 13.7. The monoisotopic (exact) mass is 528 g/mol. The molecule has 1 aliphatic carbocycles. The summed E-state index contributed by atoms with van der Waals surface area (Å²) in [7, 11) is -3.08. The maximum absolute atomic E-state index is 13.3. The Kier molecular flexibility index (Phi) is 7.73. The molecule has 1 amide bonds. The van der Waals surface area contributed by atoms with Gasteiger partial charge in [-0.25, -0.2) is 8.42 Å².